The summed E-state index contributed by atoms with van der Waals surface area (Å²) < 4.78 is 0. The number of thiocarbonyl (C=S) groups is 1. The Morgan fingerprint density at radius 1 is 1.59 bits per heavy atom. The molecule has 1 amide bonds. The second-order valence-electron chi connectivity index (χ2n) is 4.24. The van der Waals surface area contributed by atoms with Gasteiger partial charge in [0.15, 0.2) is 0 Å². The molecule has 17 heavy (non-hydrogen) atoms. The summed E-state index contributed by atoms with van der Waals surface area (Å²) in [6.45, 7) is 6.54. The van der Waals surface area contributed by atoms with Gasteiger partial charge in [-0.1, -0.05) is 12.2 Å². The van der Waals surface area contributed by atoms with Crippen LogP contribution in [0, 0.1) is 6.92 Å². The zero-order valence-corrected chi connectivity index (χ0v) is 12.0. The van der Waals surface area contributed by atoms with Crippen molar-refractivity contribution in [2.75, 3.05) is 6.54 Å². The molecule has 0 atom stereocenters. The normalized spacial score (nSPS) is 10.6. The molecule has 0 aromatic carbocycles. The van der Waals surface area contributed by atoms with E-state index in [0.29, 0.717) is 18.0 Å². The zero-order chi connectivity index (χ0) is 13.0. The molecular formula is C12H18N2OS2. The first-order valence-electron chi connectivity index (χ1n) is 5.57. The fourth-order valence-corrected chi connectivity index (χ4v) is 2.52. The molecule has 0 aliphatic heterocycles. The van der Waals surface area contributed by atoms with Crippen molar-refractivity contribution in [2.45, 2.75) is 33.2 Å². The highest BCUT2D eigenvalue weighted by Gasteiger charge is 2.21. The Morgan fingerprint density at radius 2 is 2.24 bits per heavy atom. The van der Waals surface area contributed by atoms with E-state index in [1.165, 1.54) is 11.3 Å². The third-order valence-corrected chi connectivity index (χ3v) is 3.75. The SMILES string of the molecule is Cc1ccsc1C(=O)N(CCC(N)=S)C(C)C. The van der Waals surface area contributed by atoms with Crippen LogP contribution in [0.1, 0.15) is 35.5 Å². The van der Waals surface area contributed by atoms with Crippen molar-refractivity contribution in [3.8, 4) is 0 Å². The van der Waals surface area contributed by atoms with Crippen LogP contribution < -0.4 is 5.73 Å². The van der Waals surface area contributed by atoms with Crippen molar-refractivity contribution in [3.63, 3.8) is 0 Å². The maximum atomic E-state index is 12.3. The lowest BCUT2D eigenvalue weighted by molar-refractivity contribution is 0.0716. The predicted molar refractivity (Wildman–Crippen MR) is 76.6 cm³/mol. The van der Waals surface area contributed by atoms with E-state index in [0.717, 1.165) is 10.4 Å². The molecule has 0 bridgehead atoms. The number of rotatable bonds is 5. The predicted octanol–water partition coefficient (Wildman–Crippen LogP) is 2.58. The van der Waals surface area contributed by atoms with Crippen molar-refractivity contribution in [2.24, 2.45) is 5.73 Å². The number of carbonyl (C=O) groups is 1. The lowest BCUT2D eigenvalue weighted by Crippen LogP contribution is -2.38. The monoisotopic (exact) mass is 270 g/mol. The number of carbonyl (C=O) groups excluding carboxylic acids is 1. The first-order chi connectivity index (χ1) is 7.93. The Balaban J connectivity index is 2.81. The molecule has 0 aliphatic rings. The zero-order valence-electron chi connectivity index (χ0n) is 10.4. The average Bonchev–Trinajstić information content (AvgIpc) is 2.63. The third-order valence-electron chi connectivity index (χ3n) is 2.54. The Morgan fingerprint density at radius 3 is 2.65 bits per heavy atom. The summed E-state index contributed by atoms with van der Waals surface area (Å²) >= 11 is 6.34. The van der Waals surface area contributed by atoms with E-state index in [1.807, 2.05) is 37.1 Å². The second-order valence-corrected chi connectivity index (χ2v) is 5.68. The van der Waals surface area contributed by atoms with Gasteiger partial charge in [-0.15, -0.1) is 11.3 Å². The van der Waals surface area contributed by atoms with E-state index in [9.17, 15) is 4.79 Å². The van der Waals surface area contributed by atoms with Gasteiger partial charge in [0.1, 0.15) is 0 Å². The Kier molecular flexibility index (Phi) is 5.08. The van der Waals surface area contributed by atoms with Crippen LogP contribution in [0.5, 0.6) is 0 Å². The molecule has 5 heteroatoms. The minimum Gasteiger partial charge on any atom is -0.393 e. The number of aryl methyl sites for hydroxylation is 1. The quantitative estimate of drug-likeness (QED) is 0.837. The van der Waals surface area contributed by atoms with Gasteiger partial charge in [0.05, 0.1) is 9.87 Å². The lowest BCUT2D eigenvalue weighted by Gasteiger charge is -2.26. The molecule has 2 N–H and O–H groups in total. The van der Waals surface area contributed by atoms with Crippen LogP contribution in [0.2, 0.25) is 0 Å². The summed E-state index contributed by atoms with van der Waals surface area (Å²) in [6, 6.07) is 2.11. The number of amides is 1. The number of thiophene rings is 1. The average molecular weight is 270 g/mol. The van der Waals surface area contributed by atoms with Gasteiger partial charge in [-0.2, -0.15) is 0 Å². The van der Waals surface area contributed by atoms with E-state index in [1.54, 1.807) is 0 Å². The molecule has 3 nitrogen and oxygen atoms in total. The minimum atomic E-state index is 0.0729. The van der Waals surface area contributed by atoms with Crippen molar-refractivity contribution >= 4 is 34.5 Å². The summed E-state index contributed by atoms with van der Waals surface area (Å²) in [5, 5.41) is 1.94. The van der Waals surface area contributed by atoms with Gasteiger partial charge in [0, 0.05) is 19.0 Å². The number of hydrogen-bond donors (Lipinski definition) is 1. The van der Waals surface area contributed by atoms with Crippen molar-refractivity contribution in [1.82, 2.24) is 4.90 Å². The molecule has 0 fully saturated rings. The van der Waals surface area contributed by atoms with Gasteiger partial charge >= 0.3 is 0 Å². The highest BCUT2D eigenvalue weighted by atomic mass is 32.1. The van der Waals surface area contributed by atoms with Crippen LogP contribution >= 0.6 is 23.6 Å². The fraction of sp³-hybridized carbons (Fsp3) is 0.500. The van der Waals surface area contributed by atoms with Crippen molar-refractivity contribution in [3.05, 3.63) is 21.9 Å². The molecule has 0 unspecified atom stereocenters. The van der Waals surface area contributed by atoms with Crippen LogP contribution in [-0.2, 0) is 0 Å². The number of hydrogen-bond acceptors (Lipinski definition) is 3. The first-order valence-corrected chi connectivity index (χ1v) is 6.85. The second kappa shape index (κ2) is 6.12. The van der Waals surface area contributed by atoms with E-state index in [4.69, 9.17) is 18.0 Å². The van der Waals surface area contributed by atoms with Crippen LogP contribution in [0.3, 0.4) is 0 Å². The standard InChI is InChI=1S/C12H18N2OS2/c1-8(2)14(6-4-10(13)16)12(15)11-9(3)5-7-17-11/h5,7-8H,4,6H2,1-3H3,(H2,13,16). The van der Waals surface area contributed by atoms with Gasteiger partial charge in [-0.25, -0.2) is 0 Å². The summed E-state index contributed by atoms with van der Waals surface area (Å²) in [7, 11) is 0. The molecular weight excluding hydrogens is 252 g/mol. The van der Waals surface area contributed by atoms with E-state index < -0.39 is 0 Å². The topological polar surface area (TPSA) is 46.3 Å². The highest BCUT2D eigenvalue weighted by molar-refractivity contribution is 7.80. The Hall–Kier alpha value is -0.940. The summed E-state index contributed by atoms with van der Waals surface area (Å²) in [5.41, 5.74) is 6.51. The van der Waals surface area contributed by atoms with E-state index in [2.05, 4.69) is 0 Å². The van der Waals surface area contributed by atoms with Crippen LogP contribution in [0.4, 0.5) is 0 Å². The van der Waals surface area contributed by atoms with Gasteiger partial charge in [-0.05, 0) is 37.8 Å². The lowest BCUT2D eigenvalue weighted by atomic mass is 10.2. The molecule has 1 aromatic rings. The molecule has 1 heterocycles. The van der Waals surface area contributed by atoms with Crippen LogP contribution in [-0.4, -0.2) is 28.4 Å². The molecule has 0 spiro atoms. The van der Waals surface area contributed by atoms with Gasteiger partial charge in [0.2, 0.25) is 0 Å². The molecule has 0 saturated heterocycles. The number of nitrogens with zero attached hydrogens (tertiary/aromatic N) is 1. The summed E-state index contributed by atoms with van der Waals surface area (Å²) in [5.74, 6) is 0.0729. The fourth-order valence-electron chi connectivity index (χ4n) is 1.55. The number of nitrogens with two attached hydrogens (primary N) is 1. The Labute approximate surface area is 112 Å². The Bertz CT molecular complexity index is 412. The highest BCUT2D eigenvalue weighted by Crippen LogP contribution is 2.19. The van der Waals surface area contributed by atoms with E-state index >= 15 is 0 Å². The maximum absolute atomic E-state index is 12.3. The molecule has 0 radical (unpaired) electrons. The molecule has 1 rings (SSSR count). The molecule has 0 saturated carbocycles. The molecule has 0 aliphatic carbocycles. The van der Waals surface area contributed by atoms with E-state index in [-0.39, 0.29) is 11.9 Å². The summed E-state index contributed by atoms with van der Waals surface area (Å²) in [6.07, 6.45) is 0.573. The van der Waals surface area contributed by atoms with Crippen LogP contribution in [0.25, 0.3) is 0 Å². The maximum Gasteiger partial charge on any atom is 0.264 e. The summed E-state index contributed by atoms with van der Waals surface area (Å²) in [4.78, 5) is 15.4. The van der Waals surface area contributed by atoms with Gasteiger partial charge < -0.3 is 10.6 Å². The third kappa shape index (κ3) is 3.78. The molecule has 94 valence electrons. The van der Waals surface area contributed by atoms with Gasteiger partial charge in [-0.3, -0.25) is 4.79 Å². The van der Waals surface area contributed by atoms with Crippen LogP contribution in [0.15, 0.2) is 11.4 Å². The van der Waals surface area contributed by atoms with Gasteiger partial charge in [0.25, 0.3) is 5.91 Å². The van der Waals surface area contributed by atoms with Crippen molar-refractivity contribution in [1.29, 1.82) is 0 Å². The smallest absolute Gasteiger partial charge is 0.264 e. The minimum absolute atomic E-state index is 0.0729. The molecule has 1 aromatic heterocycles. The largest absolute Gasteiger partial charge is 0.393 e. The first kappa shape index (κ1) is 14.1. The van der Waals surface area contributed by atoms with Crippen molar-refractivity contribution < 1.29 is 4.79 Å².